The SMILES string of the molecule is CCCC[Si](C)(C)[Si](c1ccccc1)([Si](C)(C)CCCC)[Si](C)(C)CCCC. The van der Waals surface area contributed by atoms with Crippen molar-refractivity contribution in [2.24, 2.45) is 0 Å². The molecule has 1 aromatic rings. The zero-order valence-corrected chi connectivity index (χ0v) is 24.8. The lowest BCUT2D eigenvalue weighted by molar-refractivity contribution is 0.866. The molecule has 1 rings (SSSR count). The van der Waals surface area contributed by atoms with E-state index in [4.69, 9.17) is 0 Å². The molecule has 1 aromatic carbocycles. The van der Waals surface area contributed by atoms with Crippen LogP contribution in [0.15, 0.2) is 30.3 Å². The number of unbranched alkanes of at least 4 members (excludes halogenated alkanes) is 3. The maximum absolute atomic E-state index is 2.85. The van der Waals surface area contributed by atoms with E-state index in [1.807, 2.05) is 5.19 Å². The summed E-state index contributed by atoms with van der Waals surface area (Å²) >= 11 is 0. The highest BCUT2D eigenvalue weighted by Crippen LogP contribution is 2.43. The van der Waals surface area contributed by atoms with Crippen molar-refractivity contribution in [2.45, 2.75) is 117 Å². The third-order valence-electron chi connectivity index (χ3n) is 7.72. The lowest BCUT2D eigenvalue weighted by Crippen LogP contribution is -2.90. The van der Waals surface area contributed by atoms with Crippen LogP contribution in [0.2, 0.25) is 57.4 Å². The first kappa shape index (κ1) is 26.1. The van der Waals surface area contributed by atoms with Crippen molar-refractivity contribution < 1.29 is 0 Å². The van der Waals surface area contributed by atoms with E-state index in [1.165, 1.54) is 38.5 Å². The highest BCUT2D eigenvalue weighted by atomic mass is 29.9. The lowest BCUT2D eigenvalue weighted by Gasteiger charge is -2.61. The third-order valence-corrected chi connectivity index (χ3v) is 79.5. The number of hydrogen-bond donors (Lipinski definition) is 0. The molecule has 0 heterocycles. The summed E-state index contributed by atoms with van der Waals surface area (Å²) in [5, 5.41) is 1.89. The summed E-state index contributed by atoms with van der Waals surface area (Å²) in [5.74, 6) is 0. The number of rotatable bonds is 13. The van der Waals surface area contributed by atoms with E-state index in [-0.39, 0.29) is 0 Å². The molecule has 0 nitrogen and oxygen atoms in total. The van der Waals surface area contributed by atoms with Gasteiger partial charge >= 0.3 is 0 Å². The fourth-order valence-electron chi connectivity index (χ4n) is 7.03. The number of hydrogen-bond acceptors (Lipinski definition) is 0. The summed E-state index contributed by atoms with van der Waals surface area (Å²) in [7, 11) is -4.06. The summed E-state index contributed by atoms with van der Waals surface area (Å²) in [4.78, 5) is 0. The zero-order chi connectivity index (χ0) is 21.5. The van der Waals surface area contributed by atoms with Crippen LogP contribution in [0.4, 0.5) is 0 Å². The Hall–Kier alpha value is 0.0875. The monoisotopic (exact) mass is 450 g/mol. The van der Waals surface area contributed by atoms with Crippen molar-refractivity contribution >= 4 is 34.6 Å². The van der Waals surface area contributed by atoms with E-state index < -0.39 is 29.4 Å². The second kappa shape index (κ2) is 10.9. The molecule has 0 aliphatic rings. The molecule has 0 atom stereocenters. The van der Waals surface area contributed by atoms with E-state index in [2.05, 4.69) is 90.4 Å². The van der Waals surface area contributed by atoms with E-state index >= 15 is 0 Å². The Morgan fingerprint density at radius 2 is 0.857 bits per heavy atom. The second-order valence-corrected chi connectivity index (χ2v) is 49.4. The minimum Gasteiger partial charge on any atom is -0.0714 e. The van der Waals surface area contributed by atoms with Gasteiger partial charge in [0.15, 0.2) is 0 Å². The Balaban J connectivity index is 3.81. The van der Waals surface area contributed by atoms with Crippen LogP contribution in [0, 0.1) is 0 Å². The van der Waals surface area contributed by atoms with Crippen LogP contribution in [0.5, 0.6) is 0 Å². The number of benzene rings is 1. The van der Waals surface area contributed by atoms with E-state index in [1.54, 1.807) is 18.1 Å². The van der Waals surface area contributed by atoms with Gasteiger partial charge in [-0.25, -0.2) is 0 Å². The van der Waals surface area contributed by atoms with Gasteiger partial charge in [0.1, 0.15) is 0 Å². The van der Waals surface area contributed by atoms with Gasteiger partial charge in [-0.15, -0.1) is 0 Å². The molecule has 0 aromatic heterocycles. The van der Waals surface area contributed by atoms with Crippen LogP contribution < -0.4 is 5.19 Å². The molecule has 0 bridgehead atoms. The highest BCUT2D eigenvalue weighted by Gasteiger charge is 2.65. The van der Waals surface area contributed by atoms with Crippen LogP contribution in [0.1, 0.15) is 59.3 Å². The molecule has 162 valence electrons. The van der Waals surface area contributed by atoms with Gasteiger partial charge in [-0.2, -0.15) is 0 Å². The van der Waals surface area contributed by atoms with Gasteiger partial charge in [0, 0.05) is 22.8 Å². The molecule has 0 aliphatic heterocycles. The van der Waals surface area contributed by atoms with Crippen LogP contribution in [0.25, 0.3) is 0 Å². The minimum absolute atomic E-state index is 1.35. The van der Waals surface area contributed by atoms with Crippen molar-refractivity contribution in [1.82, 2.24) is 0 Å². The molecule has 0 amide bonds. The fraction of sp³-hybridized carbons (Fsp3) is 0.750. The van der Waals surface area contributed by atoms with Gasteiger partial charge in [0.2, 0.25) is 0 Å². The molecule has 0 fully saturated rings. The normalized spacial score (nSPS) is 13.8. The topological polar surface area (TPSA) is 0 Å². The first-order valence-electron chi connectivity index (χ1n) is 12.1. The molecule has 0 N–H and O–H groups in total. The molecule has 0 aliphatic carbocycles. The van der Waals surface area contributed by atoms with Gasteiger partial charge in [0.05, 0.1) is 6.63 Å². The predicted octanol–water partition coefficient (Wildman–Crippen LogP) is 8.10. The van der Waals surface area contributed by atoms with Gasteiger partial charge in [-0.1, -0.05) is 152 Å². The van der Waals surface area contributed by atoms with E-state index in [0.29, 0.717) is 0 Å². The molecule has 0 saturated heterocycles. The fourth-order valence-corrected chi connectivity index (χ4v) is 107. The Morgan fingerprint density at radius 1 is 0.536 bits per heavy atom. The molecular weight excluding hydrogens is 401 g/mol. The predicted molar refractivity (Wildman–Crippen MR) is 143 cm³/mol. The van der Waals surface area contributed by atoms with Crippen molar-refractivity contribution in [3.8, 4) is 0 Å². The smallest absolute Gasteiger partial charge is 0.0693 e. The second-order valence-electron chi connectivity index (χ2n) is 11.1. The van der Waals surface area contributed by atoms with Gasteiger partial charge < -0.3 is 0 Å². The van der Waals surface area contributed by atoms with Gasteiger partial charge in [0.25, 0.3) is 0 Å². The third kappa shape index (κ3) is 5.22. The molecule has 0 spiro atoms. The molecular formula is C24H50Si4. The van der Waals surface area contributed by atoms with Crippen LogP contribution in [-0.4, -0.2) is 29.4 Å². The Labute approximate surface area is 181 Å². The summed E-state index contributed by atoms with van der Waals surface area (Å²) in [5.41, 5.74) is 0. The minimum atomic E-state index is -1.55. The molecule has 4 heteroatoms. The largest absolute Gasteiger partial charge is 0.0714 e. The average molecular weight is 451 g/mol. The van der Waals surface area contributed by atoms with Crippen molar-refractivity contribution in [2.75, 3.05) is 0 Å². The van der Waals surface area contributed by atoms with Gasteiger partial charge in [-0.05, 0) is 0 Å². The maximum Gasteiger partial charge on any atom is 0.0693 e. The van der Waals surface area contributed by atoms with Crippen LogP contribution in [-0.2, 0) is 0 Å². The zero-order valence-electron chi connectivity index (χ0n) is 20.8. The van der Waals surface area contributed by atoms with Crippen molar-refractivity contribution in [1.29, 1.82) is 0 Å². The average Bonchev–Trinajstić information content (AvgIpc) is 2.64. The van der Waals surface area contributed by atoms with Crippen LogP contribution >= 0.6 is 0 Å². The van der Waals surface area contributed by atoms with Crippen molar-refractivity contribution in [3.63, 3.8) is 0 Å². The Bertz CT molecular complexity index is 513. The molecule has 0 radical (unpaired) electrons. The molecule has 0 saturated carbocycles. The van der Waals surface area contributed by atoms with Crippen LogP contribution in [0.3, 0.4) is 0 Å². The standard InChI is InChI=1S/C24H50Si4/c1-10-13-21-25(4,5)28(24-19-17-16-18-20-24,26(6,7)22-14-11-2)27(8,9)23-15-12-3/h16-20H,10-15,21-23H2,1-9H3. The first-order valence-corrected chi connectivity index (χ1v) is 26.7. The quantitative estimate of drug-likeness (QED) is 0.266. The molecule has 0 unspecified atom stereocenters. The lowest BCUT2D eigenvalue weighted by atomic mass is 10.4. The van der Waals surface area contributed by atoms with Gasteiger partial charge in [-0.3, -0.25) is 0 Å². The maximum atomic E-state index is 2.85. The van der Waals surface area contributed by atoms with Crippen molar-refractivity contribution in [3.05, 3.63) is 30.3 Å². The van der Waals surface area contributed by atoms with E-state index in [0.717, 1.165) is 0 Å². The summed E-state index contributed by atoms with van der Waals surface area (Å²) in [6.45, 7) is 22.7. The Kier molecular flexibility index (Phi) is 10.2. The Morgan fingerprint density at radius 3 is 1.14 bits per heavy atom. The summed E-state index contributed by atoms with van der Waals surface area (Å²) in [6.07, 6.45) is 8.46. The highest BCUT2D eigenvalue weighted by molar-refractivity contribution is 7.93. The summed E-state index contributed by atoms with van der Waals surface area (Å²) in [6, 6.07) is 16.9. The molecule has 28 heavy (non-hydrogen) atoms. The van der Waals surface area contributed by atoms with E-state index in [9.17, 15) is 0 Å². The summed E-state index contributed by atoms with van der Waals surface area (Å²) < 4.78 is 0. The first-order chi connectivity index (χ1) is 13.0.